The molecule has 0 saturated heterocycles. The maximum Gasteiger partial charge on any atom is 0.417 e. The molecule has 0 radical (unpaired) electrons. The van der Waals surface area contributed by atoms with E-state index in [9.17, 15) is 13.2 Å². The van der Waals surface area contributed by atoms with Crippen molar-refractivity contribution in [3.05, 3.63) is 47.4 Å². The van der Waals surface area contributed by atoms with Crippen molar-refractivity contribution in [2.24, 2.45) is 0 Å². The van der Waals surface area contributed by atoms with E-state index in [0.717, 1.165) is 18.9 Å². The van der Waals surface area contributed by atoms with Crippen LogP contribution in [0.1, 0.15) is 35.6 Å². The number of methoxy groups -OCH3 is 1. The van der Waals surface area contributed by atoms with Crippen molar-refractivity contribution in [2.45, 2.75) is 24.9 Å². The Kier molecular flexibility index (Phi) is 3.68. The van der Waals surface area contributed by atoms with Gasteiger partial charge in [-0.15, -0.1) is 0 Å². The molecule has 6 heteroatoms. The second-order valence-electron chi connectivity index (χ2n) is 5.17. The summed E-state index contributed by atoms with van der Waals surface area (Å²) >= 11 is 0. The van der Waals surface area contributed by atoms with Crippen LogP contribution < -0.4 is 0 Å². The molecule has 0 spiro atoms. The average molecular weight is 309 g/mol. The van der Waals surface area contributed by atoms with E-state index in [1.165, 1.54) is 25.5 Å². The highest BCUT2D eigenvalue weighted by molar-refractivity contribution is 5.75. The zero-order valence-corrected chi connectivity index (χ0v) is 11.9. The fraction of sp³-hybridized carbons (Fsp3) is 0.312. The molecule has 0 atom stereocenters. The van der Waals surface area contributed by atoms with E-state index in [-0.39, 0.29) is 17.2 Å². The van der Waals surface area contributed by atoms with Crippen molar-refractivity contribution in [1.82, 2.24) is 5.16 Å². The predicted octanol–water partition coefficient (Wildman–Crippen LogP) is 4.85. The van der Waals surface area contributed by atoms with Crippen LogP contribution >= 0.6 is 0 Å². The molecule has 0 amide bonds. The Balaban J connectivity index is 2.15. The summed E-state index contributed by atoms with van der Waals surface area (Å²) in [5.74, 6) is 0.857. The van der Waals surface area contributed by atoms with E-state index in [1.807, 2.05) is 0 Å². The first kappa shape index (κ1) is 14.7. The number of hydrogen-bond acceptors (Lipinski definition) is 3. The van der Waals surface area contributed by atoms with Crippen molar-refractivity contribution in [3.63, 3.8) is 0 Å². The van der Waals surface area contributed by atoms with Crippen molar-refractivity contribution in [3.8, 4) is 11.3 Å². The van der Waals surface area contributed by atoms with Crippen molar-refractivity contribution >= 4 is 6.08 Å². The van der Waals surface area contributed by atoms with Crippen LogP contribution in [0.2, 0.25) is 0 Å². The minimum absolute atomic E-state index is 0.0152. The predicted molar refractivity (Wildman–Crippen MR) is 75.0 cm³/mol. The summed E-state index contributed by atoms with van der Waals surface area (Å²) in [6, 6.07) is 5.37. The van der Waals surface area contributed by atoms with Gasteiger partial charge in [-0.05, 0) is 25.0 Å². The molecule has 22 heavy (non-hydrogen) atoms. The molecule has 116 valence electrons. The second-order valence-corrected chi connectivity index (χ2v) is 5.17. The molecule has 1 saturated carbocycles. The standard InChI is InChI=1S/C16H14F3NO2/c1-21-9-8-12-14(20-22-15(12)10-6-7-10)11-4-2-3-5-13(11)16(17,18)19/h2-5,8-10H,6-7H2,1H3/b9-8+. The molecule has 1 aliphatic rings. The van der Waals surface area contributed by atoms with E-state index >= 15 is 0 Å². The molecule has 0 N–H and O–H groups in total. The van der Waals surface area contributed by atoms with Crippen LogP contribution in [0, 0.1) is 0 Å². The number of alkyl halides is 3. The number of aromatic nitrogens is 1. The fourth-order valence-corrected chi connectivity index (χ4v) is 2.38. The monoisotopic (exact) mass is 309 g/mol. The van der Waals surface area contributed by atoms with E-state index in [2.05, 4.69) is 5.16 Å². The molecule has 1 fully saturated rings. The Morgan fingerprint density at radius 2 is 2.00 bits per heavy atom. The summed E-state index contributed by atoms with van der Waals surface area (Å²) in [6.45, 7) is 0. The topological polar surface area (TPSA) is 35.3 Å². The number of ether oxygens (including phenoxy) is 1. The number of benzene rings is 1. The summed E-state index contributed by atoms with van der Waals surface area (Å²) in [4.78, 5) is 0. The number of nitrogens with zero attached hydrogens (tertiary/aromatic N) is 1. The highest BCUT2D eigenvalue weighted by Gasteiger charge is 2.36. The molecule has 0 aliphatic heterocycles. The summed E-state index contributed by atoms with van der Waals surface area (Å²) in [6.07, 6.45) is 0.495. The summed E-state index contributed by atoms with van der Waals surface area (Å²) in [5, 5.41) is 3.89. The van der Waals surface area contributed by atoms with Crippen LogP contribution in [0.15, 0.2) is 35.1 Å². The van der Waals surface area contributed by atoms with Gasteiger partial charge in [-0.1, -0.05) is 23.4 Å². The van der Waals surface area contributed by atoms with Gasteiger partial charge in [0.2, 0.25) is 0 Å². The lowest BCUT2D eigenvalue weighted by Gasteiger charge is -2.11. The van der Waals surface area contributed by atoms with Crippen LogP contribution in [0.5, 0.6) is 0 Å². The smallest absolute Gasteiger partial charge is 0.417 e. The zero-order valence-electron chi connectivity index (χ0n) is 11.9. The highest BCUT2D eigenvalue weighted by atomic mass is 19.4. The molecule has 0 bridgehead atoms. The van der Waals surface area contributed by atoms with E-state index < -0.39 is 11.7 Å². The summed E-state index contributed by atoms with van der Waals surface area (Å²) in [7, 11) is 1.48. The van der Waals surface area contributed by atoms with Gasteiger partial charge in [-0.25, -0.2) is 0 Å². The largest absolute Gasteiger partial charge is 0.504 e. The number of halogens is 3. The fourth-order valence-electron chi connectivity index (χ4n) is 2.38. The lowest BCUT2D eigenvalue weighted by Crippen LogP contribution is -2.07. The van der Waals surface area contributed by atoms with E-state index in [0.29, 0.717) is 11.3 Å². The number of rotatable bonds is 4. The molecular weight excluding hydrogens is 295 g/mol. The first-order valence-electron chi connectivity index (χ1n) is 6.88. The van der Waals surface area contributed by atoms with Gasteiger partial charge in [-0.2, -0.15) is 13.2 Å². The minimum atomic E-state index is -4.45. The minimum Gasteiger partial charge on any atom is -0.504 e. The lowest BCUT2D eigenvalue weighted by molar-refractivity contribution is -0.137. The summed E-state index contributed by atoms with van der Waals surface area (Å²) < 4.78 is 49.8. The van der Waals surface area contributed by atoms with Crippen LogP contribution in [0.4, 0.5) is 13.2 Å². The first-order valence-corrected chi connectivity index (χ1v) is 6.88. The number of hydrogen-bond donors (Lipinski definition) is 0. The Morgan fingerprint density at radius 3 is 2.64 bits per heavy atom. The van der Waals surface area contributed by atoms with Crippen LogP contribution in [0.25, 0.3) is 17.3 Å². The molecule has 0 unspecified atom stereocenters. The molecule has 2 aromatic rings. The van der Waals surface area contributed by atoms with Crippen molar-refractivity contribution in [1.29, 1.82) is 0 Å². The van der Waals surface area contributed by atoms with Crippen molar-refractivity contribution in [2.75, 3.05) is 7.11 Å². The summed E-state index contributed by atoms with van der Waals surface area (Å²) in [5.41, 5.74) is 0.0447. The third-order valence-electron chi connectivity index (χ3n) is 3.56. The molecule has 1 aromatic heterocycles. The van der Waals surface area contributed by atoms with Crippen LogP contribution in [-0.2, 0) is 10.9 Å². The average Bonchev–Trinajstić information content (AvgIpc) is 3.24. The van der Waals surface area contributed by atoms with E-state index in [4.69, 9.17) is 9.26 Å². The first-order chi connectivity index (χ1) is 10.5. The van der Waals surface area contributed by atoms with Gasteiger partial charge in [-0.3, -0.25) is 0 Å². The Hall–Kier alpha value is -2.24. The molecule has 3 nitrogen and oxygen atoms in total. The Morgan fingerprint density at radius 1 is 1.27 bits per heavy atom. The van der Waals surface area contributed by atoms with Gasteiger partial charge in [0.15, 0.2) is 0 Å². The molecule has 1 heterocycles. The maximum atomic E-state index is 13.2. The third-order valence-corrected chi connectivity index (χ3v) is 3.56. The van der Waals surface area contributed by atoms with Crippen LogP contribution in [0.3, 0.4) is 0 Å². The molecular formula is C16H14F3NO2. The quantitative estimate of drug-likeness (QED) is 0.757. The van der Waals surface area contributed by atoms with Crippen LogP contribution in [-0.4, -0.2) is 12.3 Å². The normalized spacial score (nSPS) is 15.5. The lowest BCUT2D eigenvalue weighted by atomic mass is 9.99. The molecule has 1 aliphatic carbocycles. The van der Waals surface area contributed by atoms with Crippen molar-refractivity contribution < 1.29 is 22.4 Å². The third kappa shape index (κ3) is 2.73. The zero-order chi connectivity index (χ0) is 15.7. The van der Waals surface area contributed by atoms with Gasteiger partial charge in [0.1, 0.15) is 11.5 Å². The van der Waals surface area contributed by atoms with Gasteiger partial charge in [0, 0.05) is 17.0 Å². The van der Waals surface area contributed by atoms with E-state index in [1.54, 1.807) is 12.1 Å². The van der Waals surface area contributed by atoms with Gasteiger partial charge in [0.25, 0.3) is 0 Å². The maximum absolute atomic E-state index is 13.2. The van der Waals surface area contributed by atoms with Gasteiger partial charge < -0.3 is 9.26 Å². The molecule has 3 rings (SSSR count). The van der Waals surface area contributed by atoms with Gasteiger partial charge >= 0.3 is 6.18 Å². The van der Waals surface area contributed by atoms with Gasteiger partial charge in [0.05, 0.1) is 18.9 Å². The Bertz CT molecular complexity index is 700. The second kappa shape index (κ2) is 5.51. The molecule has 1 aromatic carbocycles. The Labute approximate surface area is 125 Å². The SMILES string of the molecule is CO/C=C/c1c(-c2ccccc2C(F)(F)F)noc1C1CC1. The highest BCUT2D eigenvalue weighted by Crippen LogP contribution is 2.46.